The van der Waals surface area contributed by atoms with Crippen molar-refractivity contribution in [3.63, 3.8) is 0 Å². The van der Waals surface area contributed by atoms with Gasteiger partial charge < -0.3 is 10.6 Å². The van der Waals surface area contributed by atoms with E-state index >= 15 is 0 Å². The molecule has 0 aliphatic rings. The summed E-state index contributed by atoms with van der Waals surface area (Å²) in [6.45, 7) is 1.63. The van der Waals surface area contributed by atoms with Crippen LogP contribution in [0.3, 0.4) is 0 Å². The molecule has 0 atom stereocenters. The minimum Gasteiger partial charge on any atom is -0.340 e. The number of sulfone groups is 1. The molecule has 0 saturated heterocycles. The number of hydrogen-bond acceptors (Lipinski definition) is 6. The maximum absolute atomic E-state index is 12.1. The highest BCUT2D eigenvalue weighted by Crippen LogP contribution is 2.25. The summed E-state index contributed by atoms with van der Waals surface area (Å²) in [6.07, 6.45) is 1.46. The van der Waals surface area contributed by atoms with Crippen molar-refractivity contribution in [3.8, 4) is 11.1 Å². The average Bonchev–Trinajstić information content (AvgIpc) is 2.80. The van der Waals surface area contributed by atoms with Gasteiger partial charge in [0.1, 0.15) is 18.0 Å². The average molecular weight is 431 g/mol. The number of nitrogens with one attached hydrogen (secondary N) is 2. The largest absolute Gasteiger partial charge is 0.340 e. The minimum absolute atomic E-state index is 0.0556. The second-order valence-corrected chi connectivity index (χ2v) is 9.19. The van der Waals surface area contributed by atoms with Crippen LogP contribution in [0.5, 0.6) is 0 Å². The summed E-state index contributed by atoms with van der Waals surface area (Å²) in [6, 6.07) is 26.7. The van der Waals surface area contributed by atoms with E-state index < -0.39 is 9.84 Å². The van der Waals surface area contributed by atoms with Crippen molar-refractivity contribution in [1.82, 2.24) is 9.97 Å². The van der Waals surface area contributed by atoms with E-state index in [9.17, 15) is 8.42 Å². The van der Waals surface area contributed by atoms with Gasteiger partial charge in [-0.25, -0.2) is 18.4 Å². The molecule has 2 N–H and O–H groups in total. The van der Waals surface area contributed by atoms with Crippen molar-refractivity contribution in [3.05, 3.63) is 91.3 Å². The fraction of sp³-hybridized carbons (Fsp3) is 0.0833. The Labute approximate surface area is 181 Å². The molecule has 0 radical (unpaired) electrons. The Balaban J connectivity index is 1.53. The Morgan fingerprint density at radius 2 is 1.32 bits per heavy atom. The van der Waals surface area contributed by atoms with Gasteiger partial charge in [0.05, 0.1) is 10.6 Å². The van der Waals surface area contributed by atoms with Crippen LogP contribution in [-0.2, 0) is 9.84 Å². The molecule has 3 aromatic carbocycles. The highest BCUT2D eigenvalue weighted by molar-refractivity contribution is 7.91. The molecule has 1 heterocycles. The van der Waals surface area contributed by atoms with Crippen molar-refractivity contribution in [2.24, 2.45) is 0 Å². The fourth-order valence-corrected chi connectivity index (χ4v) is 4.06. The van der Waals surface area contributed by atoms with Gasteiger partial charge in [-0.05, 0) is 41.5 Å². The zero-order valence-corrected chi connectivity index (χ0v) is 17.8. The van der Waals surface area contributed by atoms with E-state index in [1.807, 2.05) is 30.3 Å². The first-order valence-corrected chi connectivity index (χ1v) is 11.5. The molecule has 4 aromatic rings. The van der Waals surface area contributed by atoms with E-state index in [4.69, 9.17) is 0 Å². The smallest absolute Gasteiger partial charge is 0.178 e. The molecular weight excluding hydrogens is 408 g/mol. The predicted molar refractivity (Wildman–Crippen MR) is 125 cm³/mol. The van der Waals surface area contributed by atoms with Crippen LogP contribution in [0.25, 0.3) is 11.1 Å². The molecular formula is C24H22N4O2S. The van der Waals surface area contributed by atoms with Gasteiger partial charge in [-0.3, -0.25) is 0 Å². The molecule has 0 aliphatic heterocycles. The van der Waals surface area contributed by atoms with Crippen LogP contribution in [0.15, 0.2) is 96.2 Å². The van der Waals surface area contributed by atoms with Crippen molar-refractivity contribution >= 4 is 32.8 Å². The Hall–Kier alpha value is -3.71. The summed E-state index contributed by atoms with van der Waals surface area (Å²) in [5, 5.41) is 6.45. The van der Waals surface area contributed by atoms with Gasteiger partial charge in [-0.1, -0.05) is 55.5 Å². The lowest BCUT2D eigenvalue weighted by Gasteiger charge is -2.11. The first-order valence-electron chi connectivity index (χ1n) is 9.88. The molecule has 7 heteroatoms. The lowest BCUT2D eigenvalue weighted by Crippen LogP contribution is -2.04. The molecule has 6 nitrogen and oxygen atoms in total. The maximum Gasteiger partial charge on any atom is 0.178 e. The summed E-state index contributed by atoms with van der Waals surface area (Å²) in [4.78, 5) is 8.81. The minimum atomic E-state index is -3.27. The number of hydrogen-bond donors (Lipinski definition) is 2. The third-order valence-electron chi connectivity index (χ3n) is 4.75. The van der Waals surface area contributed by atoms with Crippen molar-refractivity contribution in [2.75, 3.05) is 16.4 Å². The van der Waals surface area contributed by atoms with E-state index in [2.05, 4.69) is 44.9 Å². The van der Waals surface area contributed by atoms with E-state index in [0.29, 0.717) is 17.3 Å². The van der Waals surface area contributed by atoms with Gasteiger partial charge in [0.25, 0.3) is 0 Å². The first kappa shape index (κ1) is 20.6. The maximum atomic E-state index is 12.1. The van der Waals surface area contributed by atoms with Gasteiger partial charge in [-0.15, -0.1) is 0 Å². The number of rotatable bonds is 7. The lowest BCUT2D eigenvalue weighted by molar-refractivity contribution is 0.597. The molecule has 0 fully saturated rings. The van der Waals surface area contributed by atoms with Gasteiger partial charge >= 0.3 is 0 Å². The molecule has 1 aromatic heterocycles. The zero-order valence-electron chi connectivity index (χ0n) is 17.0. The molecule has 156 valence electrons. The number of nitrogens with zero attached hydrogens (tertiary/aromatic N) is 2. The molecule has 4 rings (SSSR count). The highest BCUT2D eigenvalue weighted by atomic mass is 32.2. The Bertz CT molecular complexity index is 1290. The summed E-state index contributed by atoms with van der Waals surface area (Å²) < 4.78 is 24.3. The fourth-order valence-electron chi connectivity index (χ4n) is 3.13. The summed E-state index contributed by atoms with van der Waals surface area (Å²) in [7, 11) is -3.27. The summed E-state index contributed by atoms with van der Waals surface area (Å²) in [5.41, 5.74) is 3.79. The van der Waals surface area contributed by atoms with Crippen LogP contribution in [0.1, 0.15) is 6.92 Å². The third-order valence-corrected chi connectivity index (χ3v) is 6.49. The van der Waals surface area contributed by atoms with Crippen LogP contribution in [0.2, 0.25) is 0 Å². The number of benzene rings is 3. The molecule has 31 heavy (non-hydrogen) atoms. The molecule has 0 aliphatic carbocycles. The van der Waals surface area contributed by atoms with Crippen molar-refractivity contribution < 1.29 is 8.42 Å². The standard InChI is InChI=1S/C24H22N4O2S/c1-2-31(29,30)22-13-7-12-21(15-22)28-24-16-23(25-17-26-24)27-20-11-6-10-19(14-20)18-8-4-3-5-9-18/h3-17H,2H2,1H3,(H2,25,26,27,28). The zero-order chi connectivity index (χ0) is 21.7. The second-order valence-electron chi connectivity index (χ2n) is 6.92. The van der Waals surface area contributed by atoms with Crippen LogP contribution in [0.4, 0.5) is 23.0 Å². The van der Waals surface area contributed by atoms with Crippen LogP contribution in [0, 0.1) is 0 Å². The van der Waals surface area contributed by atoms with E-state index in [1.54, 1.807) is 37.3 Å². The summed E-state index contributed by atoms with van der Waals surface area (Å²) in [5.74, 6) is 1.24. The number of anilines is 4. The number of aromatic nitrogens is 2. The Morgan fingerprint density at radius 3 is 2.00 bits per heavy atom. The molecule has 0 spiro atoms. The van der Waals surface area contributed by atoms with Gasteiger partial charge in [0.15, 0.2) is 9.84 Å². The van der Waals surface area contributed by atoms with Crippen LogP contribution >= 0.6 is 0 Å². The summed E-state index contributed by atoms with van der Waals surface area (Å²) >= 11 is 0. The van der Waals surface area contributed by atoms with Gasteiger partial charge in [-0.2, -0.15) is 0 Å². The third kappa shape index (κ3) is 5.07. The normalized spacial score (nSPS) is 11.1. The van der Waals surface area contributed by atoms with Crippen LogP contribution in [-0.4, -0.2) is 24.1 Å². The molecule has 0 saturated carbocycles. The molecule has 0 amide bonds. The highest BCUT2D eigenvalue weighted by Gasteiger charge is 2.12. The molecule has 0 unspecified atom stereocenters. The first-order chi connectivity index (χ1) is 15.0. The van der Waals surface area contributed by atoms with Crippen molar-refractivity contribution in [2.45, 2.75) is 11.8 Å². The monoisotopic (exact) mass is 430 g/mol. The van der Waals surface area contributed by atoms with E-state index in [1.165, 1.54) is 6.33 Å². The van der Waals surface area contributed by atoms with E-state index in [-0.39, 0.29) is 10.6 Å². The Kier molecular flexibility index (Phi) is 5.95. The lowest BCUT2D eigenvalue weighted by atomic mass is 10.1. The Morgan fingerprint density at radius 1 is 0.710 bits per heavy atom. The topological polar surface area (TPSA) is 84.0 Å². The molecule has 0 bridgehead atoms. The quantitative estimate of drug-likeness (QED) is 0.407. The van der Waals surface area contributed by atoms with Gasteiger partial charge in [0, 0.05) is 17.4 Å². The predicted octanol–water partition coefficient (Wildman–Crippen LogP) is 5.42. The van der Waals surface area contributed by atoms with E-state index in [0.717, 1.165) is 16.8 Å². The van der Waals surface area contributed by atoms with Crippen molar-refractivity contribution in [1.29, 1.82) is 0 Å². The van der Waals surface area contributed by atoms with Crippen LogP contribution < -0.4 is 10.6 Å². The van der Waals surface area contributed by atoms with Gasteiger partial charge in [0.2, 0.25) is 0 Å². The SMILES string of the molecule is CCS(=O)(=O)c1cccc(Nc2cc(Nc3cccc(-c4ccccc4)c3)ncn2)c1. The second kappa shape index (κ2) is 8.97.